The summed E-state index contributed by atoms with van der Waals surface area (Å²) in [7, 11) is 0. The molecule has 0 unspecified atom stereocenters. The summed E-state index contributed by atoms with van der Waals surface area (Å²) in [4.78, 5) is 0. The van der Waals surface area contributed by atoms with Gasteiger partial charge in [-0.15, -0.1) is 0 Å². The van der Waals surface area contributed by atoms with Crippen molar-refractivity contribution in [2.24, 2.45) is 0 Å². The minimum absolute atomic E-state index is 0.475. The Labute approximate surface area is 79.9 Å². The van der Waals surface area contributed by atoms with Crippen LogP contribution in [0, 0.1) is 0 Å². The van der Waals surface area contributed by atoms with Crippen LogP contribution in [0.3, 0.4) is 0 Å². The molecule has 2 aromatic rings. The van der Waals surface area contributed by atoms with Crippen molar-refractivity contribution in [3.63, 3.8) is 0 Å². The quantitative estimate of drug-likeness (QED) is 0.798. The van der Waals surface area contributed by atoms with Crippen LogP contribution in [0.5, 0.6) is 0 Å². The van der Waals surface area contributed by atoms with Crippen LogP contribution in [0.1, 0.15) is 5.56 Å². The third-order valence-corrected chi connectivity index (χ3v) is 2.04. The lowest BCUT2D eigenvalue weighted by Crippen LogP contribution is -2.04. The molecule has 0 aliphatic heterocycles. The third kappa shape index (κ3) is 1.53. The van der Waals surface area contributed by atoms with Crippen LogP contribution in [0.15, 0.2) is 29.2 Å². The van der Waals surface area contributed by atoms with E-state index in [1.807, 2.05) is 6.07 Å². The number of nitrogens with zero attached hydrogens (tertiary/aromatic N) is 2. The molecule has 2 heterocycles. The van der Waals surface area contributed by atoms with Crippen molar-refractivity contribution in [3.05, 3.63) is 35.4 Å². The molecule has 0 aromatic carbocycles. The minimum Gasteiger partial charge on any atom is -0.472 e. The summed E-state index contributed by atoms with van der Waals surface area (Å²) >= 11 is 5.74. The molecule has 0 fully saturated rings. The first-order valence-corrected chi connectivity index (χ1v) is 4.13. The van der Waals surface area contributed by atoms with Gasteiger partial charge in [0.2, 0.25) is 0 Å². The van der Waals surface area contributed by atoms with Crippen molar-refractivity contribution >= 4 is 17.4 Å². The Morgan fingerprint density at radius 1 is 1.62 bits per heavy atom. The van der Waals surface area contributed by atoms with Crippen molar-refractivity contribution in [2.45, 2.75) is 6.54 Å². The van der Waals surface area contributed by atoms with Crippen LogP contribution in [0.25, 0.3) is 0 Å². The molecule has 2 rings (SSSR count). The average molecular weight is 198 g/mol. The molecule has 5 heteroatoms. The fourth-order valence-corrected chi connectivity index (χ4v) is 1.19. The van der Waals surface area contributed by atoms with Crippen LogP contribution in [-0.4, -0.2) is 9.78 Å². The molecule has 0 aliphatic carbocycles. The second kappa shape index (κ2) is 3.14. The predicted octanol–water partition coefficient (Wildman–Crippen LogP) is 1.76. The van der Waals surface area contributed by atoms with Gasteiger partial charge in [0, 0.05) is 5.56 Å². The molecule has 4 nitrogen and oxygen atoms in total. The fourth-order valence-electron chi connectivity index (χ4n) is 1.05. The van der Waals surface area contributed by atoms with Crippen molar-refractivity contribution in [1.29, 1.82) is 0 Å². The monoisotopic (exact) mass is 197 g/mol. The summed E-state index contributed by atoms with van der Waals surface area (Å²) in [6.07, 6.45) is 4.78. The Balaban J connectivity index is 2.24. The topological polar surface area (TPSA) is 57.0 Å². The second-order valence-electron chi connectivity index (χ2n) is 2.67. The van der Waals surface area contributed by atoms with Gasteiger partial charge in [-0.05, 0) is 6.07 Å². The van der Waals surface area contributed by atoms with E-state index in [1.165, 1.54) is 6.20 Å². The van der Waals surface area contributed by atoms with Gasteiger partial charge >= 0.3 is 0 Å². The van der Waals surface area contributed by atoms with Gasteiger partial charge in [-0.25, -0.2) is 4.68 Å². The summed E-state index contributed by atoms with van der Waals surface area (Å²) in [5.74, 6) is 0.475. The molecular weight excluding hydrogens is 190 g/mol. The molecule has 13 heavy (non-hydrogen) atoms. The molecule has 68 valence electrons. The fraction of sp³-hybridized carbons (Fsp3) is 0.125. The summed E-state index contributed by atoms with van der Waals surface area (Å²) in [5.41, 5.74) is 6.66. The van der Waals surface area contributed by atoms with Crippen molar-refractivity contribution < 1.29 is 4.42 Å². The van der Waals surface area contributed by atoms with E-state index in [9.17, 15) is 0 Å². The van der Waals surface area contributed by atoms with Crippen LogP contribution in [0.2, 0.25) is 5.02 Å². The van der Waals surface area contributed by atoms with E-state index in [-0.39, 0.29) is 0 Å². The number of rotatable bonds is 2. The van der Waals surface area contributed by atoms with Crippen LogP contribution >= 0.6 is 11.6 Å². The van der Waals surface area contributed by atoms with E-state index in [4.69, 9.17) is 21.8 Å². The Hall–Kier alpha value is -1.42. The summed E-state index contributed by atoms with van der Waals surface area (Å²) in [6.45, 7) is 0.578. The maximum Gasteiger partial charge on any atom is 0.140 e. The highest BCUT2D eigenvalue weighted by molar-refractivity contribution is 6.32. The third-order valence-electron chi connectivity index (χ3n) is 1.75. The molecular formula is C8H8ClN3O. The summed E-state index contributed by atoms with van der Waals surface area (Å²) in [6, 6.07) is 1.86. The summed E-state index contributed by atoms with van der Waals surface area (Å²) < 4.78 is 6.54. The van der Waals surface area contributed by atoms with Gasteiger partial charge in [0.15, 0.2) is 0 Å². The van der Waals surface area contributed by atoms with Crippen molar-refractivity contribution in [3.8, 4) is 0 Å². The van der Waals surface area contributed by atoms with E-state index < -0.39 is 0 Å². The Morgan fingerprint density at radius 3 is 3.00 bits per heavy atom. The highest BCUT2D eigenvalue weighted by Gasteiger charge is 2.05. The highest BCUT2D eigenvalue weighted by Crippen LogP contribution is 2.17. The van der Waals surface area contributed by atoms with Crippen LogP contribution < -0.4 is 5.73 Å². The Morgan fingerprint density at radius 2 is 2.46 bits per heavy atom. The number of nitrogens with two attached hydrogens (primary N) is 1. The second-order valence-corrected chi connectivity index (χ2v) is 3.07. The predicted molar refractivity (Wildman–Crippen MR) is 49.5 cm³/mol. The van der Waals surface area contributed by atoms with Gasteiger partial charge in [-0.2, -0.15) is 5.10 Å². The molecule has 0 bridgehead atoms. The molecule has 0 saturated heterocycles. The van der Waals surface area contributed by atoms with E-state index in [1.54, 1.807) is 17.2 Å². The van der Waals surface area contributed by atoms with E-state index in [2.05, 4.69) is 5.10 Å². The number of hydrogen-bond acceptors (Lipinski definition) is 3. The lowest BCUT2D eigenvalue weighted by molar-refractivity contribution is 0.560. The molecule has 0 aliphatic rings. The standard InChI is InChI=1S/C8H8ClN3O/c9-7-3-11-12(8(7)10)4-6-1-2-13-5-6/h1-3,5H,4,10H2. The number of hydrogen-bond donors (Lipinski definition) is 1. The van der Waals surface area contributed by atoms with Gasteiger partial charge < -0.3 is 10.2 Å². The maximum absolute atomic E-state index is 5.74. The van der Waals surface area contributed by atoms with Gasteiger partial charge in [0.25, 0.3) is 0 Å². The highest BCUT2D eigenvalue weighted by atomic mass is 35.5. The van der Waals surface area contributed by atoms with Gasteiger partial charge in [-0.3, -0.25) is 0 Å². The zero-order chi connectivity index (χ0) is 9.26. The zero-order valence-electron chi connectivity index (χ0n) is 6.77. The van der Waals surface area contributed by atoms with Crippen LogP contribution in [-0.2, 0) is 6.54 Å². The van der Waals surface area contributed by atoms with Crippen molar-refractivity contribution in [1.82, 2.24) is 9.78 Å². The Kier molecular flexibility index (Phi) is 1.98. The molecule has 0 atom stereocenters. The Bertz CT molecular complexity index is 393. The molecule has 0 radical (unpaired) electrons. The minimum atomic E-state index is 0.475. The molecule has 0 amide bonds. The molecule has 2 aromatic heterocycles. The number of anilines is 1. The van der Waals surface area contributed by atoms with Crippen LogP contribution in [0.4, 0.5) is 5.82 Å². The molecule has 2 N–H and O–H groups in total. The maximum atomic E-state index is 5.74. The number of aromatic nitrogens is 2. The van der Waals surface area contributed by atoms with Gasteiger partial charge in [-0.1, -0.05) is 11.6 Å². The zero-order valence-corrected chi connectivity index (χ0v) is 7.53. The smallest absolute Gasteiger partial charge is 0.140 e. The largest absolute Gasteiger partial charge is 0.472 e. The van der Waals surface area contributed by atoms with Gasteiger partial charge in [0.05, 0.1) is 25.3 Å². The lowest BCUT2D eigenvalue weighted by Gasteiger charge is -2.00. The SMILES string of the molecule is Nc1c(Cl)cnn1Cc1ccoc1. The first kappa shape index (κ1) is 8.19. The molecule has 0 spiro atoms. The normalized spacial score (nSPS) is 10.5. The lowest BCUT2D eigenvalue weighted by atomic mass is 10.3. The average Bonchev–Trinajstić information content (AvgIpc) is 2.71. The first-order valence-electron chi connectivity index (χ1n) is 3.75. The first-order chi connectivity index (χ1) is 6.27. The number of nitrogen functional groups attached to an aromatic ring is 1. The van der Waals surface area contributed by atoms with Crippen molar-refractivity contribution in [2.75, 3.05) is 5.73 Å². The van der Waals surface area contributed by atoms with E-state index in [0.717, 1.165) is 5.56 Å². The molecule has 0 saturated carbocycles. The van der Waals surface area contributed by atoms with E-state index >= 15 is 0 Å². The number of halogens is 1. The van der Waals surface area contributed by atoms with Gasteiger partial charge in [0.1, 0.15) is 10.8 Å². The summed E-state index contributed by atoms with van der Waals surface area (Å²) in [5, 5.41) is 4.48. The number of furan rings is 1. The van der Waals surface area contributed by atoms with E-state index in [0.29, 0.717) is 17.4 Å².